The Balaban J connectivity index is 1.73. The number of ether oxygens (including phenoxy) is 2. The average Bonchev–Trinajstić information content (AvgIpc) is 3.11. The SMILES string of the molecule is COc1ccc([C@@H]2CCC[NH+]2CC(=O)Nc2cc(C)ccc2C)c(OC)c1. The molecule has 1 fully saturated rings. The highest BCUT2D eigenvalue weighted by molar-refractivity contribution is 5.92. The summed E-state index contributed by atoms with van der Waals surface area (Å²) in [6, 6.07) is 12.3. The van der Waals surface area contributed by atoms with Gasteiger partial charge in [0, 0.05) is 24.6 Å². The number of rotatable bonds is 6. The summed E-state index contributed by atoms with van der Waals surface area (Å²) in [5, 5.41) is 3.09. The summed E-state index contributed by atoms with van der Waals surface area (Å²) in [5.74, 6) is 1.66. The number of nitrogens with one attached hydrogen (secondary N) is 2. The summed E-state index contributed by atoms with van der Waals surface area (Å²) >= 11 is 0. The zero-order chi connectivity index (χ0) is 19.4. The normalized spacial score (nSPS) is 19.0. The lowest BCUT2D eigenvalue weighted by atomic mass is 10.0. The third-order valence-corrected chi connectivity index (χ3v) is 5.35. The van der Waals surface area contributed by atoms with Gasteiger partial charge >= 0.3 is 0 Å². The number of amides is 1. The van der Waals surface area contributed by atoms with Gasteiger partial charge in [0.05, 0.1) is 26.3 Å². The van der Waals surface area contributed by atoms with Crippen molar-refractivity contribution in [2.24, 2.45) is 0 Å². The van der Waals surface area contributed by atoms with Gasteiger partial charge in [-0.25, -0.2) is 0 Å². The van der Waals surface area contributed by atoms with Gasteiger partial charge in [-0.2, -0.15) is 0 Å². The molecule has 1 aliphatic heterocycles. The number of hydrogen-bond acceptors (Lipinski definition) is 3. The maximum atomic E-state index is 12.7. The first-order valence-electron chi connectivity index (χ1n) is 9.45. The largest absolute Gasteiger partial charge is 0.497 e. The van der Waals surface area contributed by atoms with Gasteiger partial charge in [0.2, 0.25) is 0 Å². The molecule has 3 rings (SSSR count). The summed E-state index contributed by atoms with van der Waals surface area (Å²) in [5.41, 5.74) is 4.27. The molecule has 1 saturated heterocycles. The summed E-state index contributed by atoms with van der Waals surface area (Å²) < 4.78 is 10.9. The Morgan fingerprint density at radius 3 is 2.70 bits per heavy atom. The van der Waals surface area contributed by atoms with Crippen LogP contribution in [0.25, 0.3) is 0 Å². The van der Waals surface area contributed by atoms with E-state index in [-0.39, 0.29) is 11.9 Å². The van der Waals surface area contributed by atoms with Crippen molar-refractivity contribution in [1.82, 2.24) is 0 Å². The highest BCUT2D eigenvalue weighted by Gasteiger charge is 2.33. The van der Waals surface area contributed by atoms with Gasteiger partial charge in [-0.15, -0.1) is 0 Å². The molecule has 2 aromatic carbocycles. The lowest BCUT2D eigenvalue weighted by Gasteiger charge is -2.23. The number of likely N-dealkylation sites (tertiary alicyclic amines) is 1. The van der Waals surface area contributed by atoms with E-state index in [4.69, 9.17) is 9.47 Å². The van der Waals surface area contributed by atoms with E-state index < -0.39 is 0 Å². The average molecular weight is 369 g/mol. The van der Waals surface area contributed by atoms with E-state index in [2.05, 4.69) is 17.4 Å². The van der Waals surface area contributed by atoms with E-state index >= 15 is 0 Å². The molecule has 1 heterocycles. The second kappa shape index (κ2) is 8.44. The van der Waals surface area contributed by atoms with Gasteiger partial charge in [0.25, 0.3) is 5.91 Å². The molecule has 0 saturated carbocycles. The van der Waals surface area contributed by atoms with Gasteiger partial charge in [0.1, 0.15) is 17.5 Å². The molecular weight excluding hydrogens is 340 g/mol. The van der Waals surface area contributed by atoms with Gasteiger partial charge in [0.15, 0.2) is 6.54 Å². The second-order valence-electron chi connectivity index (χ2n) is 7.25. The molecule has 0 bridgehead atoms. The predicted octanol–water partition coefficient (Wildman–Crippen LogP) is 2.68. The zero-order valence-electron chi connectivity index (χ0n) is 16.6. The van der Waals surface area contributed by atoms with Crippen LogP contribution in [-0.2, 0) is 4.79 Å². The van der Waals surface area contributed by atoms with Crippen molar-refractivity contribution in [1.29, 1.82) is 0 Å². The number of carbonyl (C=O) groups is 1. The van der Waals surface area contributed by atoms with Gasteiger partial charge in [-0.1, -0.05) is 12.1 Å². The van der Waals surface area contributed by atoms with Crippen LogP contribution in [0.2, 0.25) is 0 Å². The van der Waals surface area contributed by atoms with Crippen LogP contribution in [0, 0.1) is 13.8 Å². The molecule has 0 aliphatic carbocycles. The third kappa shape index (κ3) is 4.42. The Hall–Kier alpha value is -2.53. The zero-order valence-corrected chi connectivity index (χ0v) is 16.6. The molecule has 144 valence electrons. The second-order valence-corrected chi connectivity index (χ2v) is 7.25. The van der Waals surface area contributed by atoms with Gasteiger partial charge in [-0.3, -0.25) is 4.79 Å². The van der Waals surface area contributed by atoms with Crippen LogP contribution in [0.5, 0.6) is 11.5 Å². The molecule has 0 aromatic heterocycles. The van der Waals surface area contributed by atoms with E-state index in [1.165, 1.54) is 4.90 Å². The first-order valence-corrected chi connectivity index (χ1v) is 9.45. The fourth-order valence-electron chi connectivity index (χ4n) is 3.88. The molecule has 1 unspecified atom stereocenters. The van der Waals surface area contributed by atoms with Crippen LogP contribution < -0.4 is 19.7 Å². The maximum Gasteiger partial charge on any atom is 0.279 e. The minimum Gasteiger partial charge on any atom is -0.497 e. The lowest BCUT2D eigenvalue weighted by molar-refractivity contribution is -0.910. The molecule has 2 aromatic rings. The number of quaternary nitrogens is 1. The van der Waals surface area contributed by atoms with Crippen LogP contribution in [0.15, 0.2) is 36.4 Å². The molecule has 0 radical (unpaired) electrons. The van der Waals surface area contributed by atoms with E-state index in [9.17, 15) is 4.79 Å². The van der Waals surface area contributed by atoms with Crippen molar-refractivity contribution < 1.29 is 19.2 Å². The van der Waals surface area contributed by atoms with E-state index in [0.717, 1.165) is 53.3 Å². The Morgan fingerprint density at radius 2 is 1.96 bits per heavy atom. The van der Waals surface area contributed by atoms with Crippen molar-refractivity contribution in [2.45, 2.75) is 32.7 Å². The van der Waals surface area contributed by atoms with E-state index in [1.54, 1.807) is 14.2 Å². The Kier molecular flexibility index (Phi) is 6.01. The number of aryl methyl sites for hydroxylation is 2. The van der Waals surface area contributed by atoms with Crippen molar-refractivity contribution in [2.75, 3.05) is 32.6 Å². The smallest absolute Gasteiger partial charge is 0.279 e. The number of methoxy groups -OCH3 is 2. The first kappa shape index (κ1) is 19.2. The predicted molar refractivity (Wildman–Crippen MR) is 107 cm³/mol. The summed E-state index contributed by atoms with van der Waals surface area (Å²) in [6.45, 7) is 5.49. The lowest BCUT2D eigenvalue weighted by Crippen LogP contribution is -3.11. The number of benzene rings is 2. The molecule has 5 nitrogen and oxygen atoms in total. The van der Waals surface area contributed by atoms with Crippen LogP contribution in [0.1, 0.15) is 35.6 Å². The molecule has 27 heavy (non-hydrogen) atoms. The van der Waals surface area contributed by atoms with Crippen LogP contribution in [0.4, 0.5) is 5.69 Å². The number of anilines is 1. The molecule has 2 atom stereocenters. The maximum absolute atomic E-state index is 12.7. The van der Waals surface area contributed by atoms with Gasteiger partial charge < -0.3 is 19.7 Å². The topological polar surface area (TPSA) is 52.0 Å². The Bertz CT molecular complexity index is 819. The van der Waals surface area contributed by atoms with Crippen LogP contribution in [0.3, 0.4) is 0 Å². The highest BCUT2D eigenvalue weighted by Crippen LogP contribution is 2.31. The molecular formula is C22H29N2O3+. The van der Waals surface area contributed by atoms with Crippen molar-refractivity contribution >= 4 is 11.6 Å². The van der Waals surface area contributed by atoms with Crippen molar-refractivity contribution in [3.05, 3.63) is 53.1 Å². The minimum atomic E-state index is 0.0538. The molecule has 2 N–H and O–H groups in total. The quantitative estimate of drug-likeness (QED) is 0.823. The first-order chi connectivity index (χ1) is 13.0. The van der Waals surface area contributed by atoms with Crippen LogP contribution >= 0.6 is 0 Å². The van der Waals surface area contributed by atoms with Crippen molar-refractivity contribution in [3.63, 3.8) is 0 Å². The summed E-state index contributed by atoms with van der Waals surface area (Å²) in [4.78, 5) is 14.0. The minimum absolute atomic E-state index is 0.0538. The van der Waals surface area contributed by atoms with E-state index in [0.29, 0.717) is 6.54 Å². The fraction of sp³-hybridized carbons (Fsp3) is 0.409. The van der Waals surface area contributed by atoms with Gasteiger partial charge in [-0.05, 0) is 43.2 Å². The summed E-state index contributed by atoms with van der Waals surface area (Å²) in [7, 11) is 3.33. The Morgan fingerprint density at radius 1 is 1.15 bits per heavy atom. The molecule has 5 heteroatoms. The molecule has 0 spiro atoms. The monoisotopic (exact) mass is 369 g/mol. The van der Waals surface area contributed by atoms with Crippen LogP contribution in [-0.4, -0.2) is 33.2 Å². The third-order valence-electron chi connectivity index (χ3n) is 5.35. The van der Waals surface area contributed by atoms with Crippen molar-refractivity contribution in [3.8, 4) is 11.5 Å². The highest BCUT2D eigenvalue weighted by atomic mass is 16.5. The molecule has 1 aliphatic rings. The standard InChI is InChI=1S/C22H28N2O3/c1-15-7-8-16(2)19(12-15)23-22(25)14-24-11-5-6-20(24)18-10-9-17(26-3)13-21(18)27-4/h7-10,12-13,20H,5-6,11,14H2,1-4H3,(H,23,25)/p+1/t20-/m0/s1. The number of hydrogen-bond donors (Lipinski definition) is 2. The summed E-state index contributed by atoms with van der Waals surface area (Å²) in [6.07, 6.45) is 2.15. The number of carbonyl (C=O) groups excluding carboxylic acids is 1. The van der Waals surface area contributed by atoms with E-state index in [1.807, 2.05) is 38.1 Å². The molecule has 1 amide bonds. The fourth-order valence-corrected chi connectivity index (χ4v) is 3.88. The Labute approximate surface area is 161 Å².